The molecule has 0 saturated carbocycles. The first-order valence-electron chi connectivity index (χ1n) is 6.51. The van der Waals surface area contributed by atoms with E-state index < -0.39 is 21.6 Å². The molecule has 2 rings (SSSR count). The Bertz CT molecular complexity index is 840. The van der Waals surface area contributed by atoms with Crippen LogP contribution in [0, 0.1) is 5.82 Å². The molecule has 1 N–H and O–H groups in total. The first-order valence-corrected chi connectivity index (χ1v) is 8.92. The van der Waals surface area contributed by atoms with Crippen molar-refractivity contribution < 1.29 is 17.6 Å². The van der Waals surface area contributed by atoms with E-state index in [1.165, 1.54) is 30.3 Å². The zero-order valence-corrected chi connectivity index (χ0v) is 14.1. The number of benzene rings is 2. The molecule has 0 aromatic heterocycles. The highest BCUT2D eigenvalue weighted by Gasteiger charge is 2.17. The number of sulfone groups is 1. The van der Waals surface area contributed by atoms with E-state index in [0.29, 0.717) is 10.7 Å². The van der Waals surface area contributed by atoms with E-state index in [4.69, 9.17) is 23.2 Å². The van der Waals surface area contributed by atoms with Crippen molar-refractivity contribution in [3.63, 3.8) is 0 Å². The van der Waals surface area contributed by atoms with Crippen molar-refractivity contribution in [3.8, 4) is 0 Å². The van der Waals surface area contributed by atoms with E-state index in [9.17, 15) is 17.6 Å². The maximum atomic E-state index is 13.0. The van der Waals surface area contributed by atoms with Crippen LogP contribution in [-0.4, -0.2) is 20.1 Å². The van der Waals surface area contributed by atoms with E-state index in [-0.39, 0.29) is 22.1 Å². The second-order valence-electron chi connectivity index (χ2n) is 4.70. The monoisotopic (exact) mass is 375 g/mol. The van der Waals surface area contributed by atoms with Crippen LogP contribution in [0.15, 0.2) is 47.4 Å². The summed E-state index contributed by atoms with van der Waals surface area (Å²) in [6.45, 7) is 0. The normalized spacial score (nSPS) is 11.3. The van der Waals surface area contributed by atoms with E-state index in [0.717, 1.165) is 6.07 Å². The predicted octanol–water partition coefficient (Wildman–Crippen LogP) is 3.94. The Morgan fingerprint density at radius 2 is 1.87 bits per heavy atom. The summed E-state index contributed by atoms with van der Waals surface area (Å²) in [5.41, 5.74) is 0.293. The van der Waals surface area contributed by atoms with Gasteiger partial charge in [-0.15, -0.1) is 0 Å². The Balaban J connectivity index is 1.99. The third kappa shape index (κ3) is 4.92. The molecule has 1 amide bonds. The van der Waals surface area contributed by atoms with Crippen molar-refractivity contribution in [2.45, 2.75) is 11.3 Å². The van der Waals surface area contributed by atoms with Gasteiger partial charge in [0.25, 0.3) is 0 Å². The Labute approximate surface area is 143 Å². The molecule has 0 aliphatic carbocycles. The predicted molar refractivity (Wildman–Crippen MR) is 88.2 cm³/mol. The molecule has 0 radical (unpaired) electrons. The summed E-state index contributed by atoms with van der Waals surface area (Å²) in [5.74, 6) is -1.49. The molecule has 0 heterocycles. The first-order chi connectivity index (χ1) is 10.8. The maximum absolute atomic E-state index is 13.0. The summed E-state index contributed by atoms with van der Waals surface area (Å²) in [5, 5.41) is 2.64. The number of halogens is 3. The van der Waals surface area contributed by atoms with Gasteiger partial charge >= 0.3 is 0 Å². The van der Waals surface area contributed by atoms with Gasteiger partial charge in [-0.3, -0.25) is 4.79 Å². The number of rotatable bonds is 5. The molecule has 0 aliphatic rings. The van der Waals surface area contributed by atoms with Gasteiger partial charge in [0.1, 0.15) is 5.82 Å². The van der Waals surface area contributed by atoms with E-state index >= 15 is 0 Å². The molecule has 4 nitrogen and oxygen atoms in total. The number of hydrogen-bond donors (Lipinski definition) is 1. The minimum Gasteiger partial charge on any atom is -0.326 e. The molecular weight excluding hydrogens is 364 g/mol. The van der Waals surface area contributed by atoms with Gasteiger partial charge in [0.05, 0.1) is 15.7 Å². The fourth-order valence-corrected chi connectivity index (χ4v) is 3.52. The van der Waals surface area contributed by atoms with Crippen LogP contribution >= 0.6 is 23.2 Å². The zero-order chi connectivity index (χ0) is 17.0. The number of carbonyl (C=O) groups excluding carboxylic acids is 1. The second kappa shape index (κ2) is 7.29. The molecule has 122 valence electrons. The minimum atomic E-state index is -3.62. The lowest BCUT2D eigenvalue weighted by atomic mass is 10.3. The molecule has 0 unspecified atom stereocenters. The van der Waals surface area contributed by atoms with Crippen LogP contribution in [0.5, 0.6) is 0 Å². The van der Waals surface area contributed by atoms with E-state index in [1.807, 2.05) is 0 Å². The lowest BCUT2D eigenvalue weighted by Crippen LogP contribution is -2.17. The smallest absolute Gasteiger partial charge is 0.225 e. The van der Waals surface area contributed by atoms with Crippen molar-refractivity contribution >= 4 is 44.6 Å². The standard InChI is InChI=1S/C15H12Cl2FNO3S/c16-10-2-1-3-12(8-10)23(21,22)7-6-15(20)19-11-4-5-14(18)13(17)9-11/h1-5,8-9H,6-7H2,(H,19,20). The highest BCUT2D eigenvalue weighted by Crippen LogP contribution is 2.20. The highest BCUT2D eigenvalue weighted by molar-refractivity contribution is 7.91. The van der Waals surface area contributed by atoms with Gasteiger partial charge in [-0.05, 0) is 36.4 Å². The molecule has 0 spiro atoms. The van der Waals surface area contributed by atoms with Gasteiger partial charge in [0.2, 0.25) is 5.91 Å². The van der Waals surface area contributed by atoms with Crippen molar-refractivity contribution in [1.82, 2.24) is 0 Å². The number of amides is 1. The Morgan fingerprint density at radius 1 is 1.13 bits per heavy atom. The SMILES string of the molecule is O=C(CCS(=O)(=O)c1cccc(Cl)c1)Nc1ccc(F)c(Cl)c1. The van der Waals surface area contributed by atoms with Gasteiger partial charge in [-0.1, -0.05) is 29.3 Å². The molecule has 0 saturated heterocycles. The quantitative estimate of drug-likeness (QED) is 0.860. The number of nitrogens with one attached hydrogen (secondary N) is 1. The zero-order valence-electron chi connectivity index (χ0n) is 11.7. The summed E-state index contributed by atoms with van der Waals surface area (Å²) < 4.78 is 37.3. The fraction of sp³-hybridized carbons (Fsp3) is 0.133. The Hall–Kier alpha value is -1.63. The largest absolute Gasteiger partial charge is 0.326 e. The molecule has 0 fully saturated rings. The summed E-state index contributed by atoms with van der Waals surface area (Å²) in [6.07, 6.45) is -0.246. The van der Waals surface area contributed by atoms with Crippen LogP contribution in [-0.2, 0) is 14.6 Å². The van der Waals surface area contributed by atoms with E-state index in [2.05, 4.69) is 5.32 Å². The summed E-state index contributed by atoms with van der Waals surface area (Å²) >= 11 is 11.4. The van der Waals surface area contributed by atoms with Gasteiger partial charge in [-0.2, -0.15) is 0 Å². The average molecular weight is 376 g/mol. The Morgan fingerprint density at radius 3 is 2.52 bits per heavy atom. The highest BCUT2D eigenvalue weighted by atomic mass is 35.5. The molecule has 2 aromatic carbocycles. The fourth-order valence-electron chi connectivity index (χ4n) is 1.80. The van der Waals surface area contributed by atoms with Gasteiger partial charge in [0, 0.05) is 17.1 Å². The van der Waals surface area contributed by atoms with Crippen molar-refractivity contribution in [2.75, 3.05) is 11.1 Å². The topological polar surface area (TPSA) is 63.2 Å². The van der Waals surface area contributed by atoms with Crippen LogP contribution in [0.2, 0.25) is 10.0 Å². The number of carbonyl (C=O) groups is 1. The van der Waals surface area contributed by atoms with Crippen molar-refractivity contribution in [3.05, 3.63) is 58.3 Å². The lowest BCUT2D eigenvalue weighted by molar-refractivity contribution is -0.115. The van der Waals surface area contributed by atoms with Crippen LogP contribution in [0.3, 0.4) is 0 Å². The third-order valence-electron chi connectivity index (χ3n) is 2.96. The summed E-state index contributed by atoms with van der Waals surface area (Å²) in [6, 6.07) is 9.53. The summed E-state index contributed by atoms with van der Waals surface area (Å²) in [4.78, 5) is 11.9. The molecule has 0 atom stereocenters. The molecule has 8 heteroatoms. The third-order valence-corrected chi connectivity index (χ3v) is 5.19. The van der Waals surface area contributed by atoms with E-state index in [1.54, 1.807) is 6.07 Å². The second-order valence-corrected chi connectivity index (χ2v) is 7.66. The average Bonchev–Trinajstić information content (AvgIpc) is 2.49. The maximum Gasteiger partial charge on any atom is 0.225 e. The minimum absolute atomic E-state index is 0.0580. The van der Waals surface area contributed by atoms with Crippen molar-refractivity contribution in [1.29, 1.82) is 0 Å². The molecule has 0 bridgehead atoms. The van der Waals surface area contributed by atoms with Crippen LogP contribution in [0.4, 0.5) is 10.1 Å². The van der Waals surface area contributed by atoms with Gasteiger partial charge < -0.3 is 5.32 Å². The Kier molecular flexibility index (Phi) is 5.62. The van der Waals surface area contributed by atoms with Crippen LogP contribution in [0.1, 0.15) is 6.42 Å². The lowest BCUT2D eigenvalue weighted by Gasteiger charge is -2.07. The molecule has 2 aromatic rings. The van der Waals surface area contributed by atoms with Crippen molar-refractivity contribution in [2.24, 2.45) is 0 Å². The molecule has 0 aliphatic heterocycles. The number of hydrogen-bond acceptors (Lipinski definition) is 3. The molecule has 23 heavy (non-hydrogen) atoms. The molecular formula is C15H12Cl2FNO3S. The van der Waals surface area contributed by atoms with Crippen LogP contribution < -0.4 is 5.32 Å². The first kappa shape index (κ1) is 17.7. The van der Waals surface area contributed by atoms with Gasteiger partial charge in [-0.25, -0.2) is 12.8 Å². The number of anilines is 1. The van der Waals surface area contributed by atoms with Crippen LogP contribution in [0.25, 0.3) is 0 Å². The summed E-state index contributed by atoms with van der Waals surface area (Å²) in [7, 11) is -3.62. The van der Waals surface area contributed by atoms with Gasteiger partial charge in [0.15, 0.2) is 9.84 Å².